The molecule has 1 aliphatic carbocycles. The van der Waals surface area contributed by atoms with Gasteiger partial charge in [0, 0.05) is 26.7 Å². The number of methoxy groups -OCH3 is 1. The van der Waals surface area contributed by atoms with Gasteiger partial charge < -0.3 is 14.2 Å². The summed E-state index contributed by atoms with van der Waals surface area (Å²) in [5, 5.41) is 0. The minimum Gasteiger partial charge on any atom is -0.381 e. The maximum atomic E-state index is 11.1. The predicted octanol–water partition coefficient (Wildman–Crippen LogP) is 0.538. The molecule has 14 heavy (non-hydrogen) atoms. The van der Waals surface area contributed by atoms with Crippen LogP contribution in [0.5, 0.6) is 0 Å². The van der Waals surface area contributed by atoms with Crippen LogP contribution in [0.15, 0.2) is 0 Å². The first kappa shape index (κ1) is 10.1. The van der Waals surface area contributed by atoms with Crippen molar-refractivity contribution in [3.05, 3.63) is 0 Å². The molecule has 1 saturated carbocycles. The number of hydrogen-bond donors (Lipinski definition) is 0. The largest absolute Gasteiger partial charge is 0.381 e. The normalized spacial score (nSPS) is 34.2. The molecule has 4 heteroatoms. The molecular formula is C10H16O4. The second-order valence-electron chi connectivity index (χ2n) is 3.81. The molecule has 2 unspecified atom stereocenters. The zero-order chi connectivity index (χ0) is 9.97. The van der Waals surface area contributed by atoms with Gasteiger partial charge in [0.25, 0.3) is 0 Å². The maximum absolute atomic E-state index is 11.1. The summed E-state index contributed by atoms with van der Waals surface area (Å²) >= 11 is 0. The van der Waals surface area contributed by atoms with Crippen molar-refractivity contribution in [2.45, 2.75) is 37.6 Å². The number of hydrogen-bond acceptors (Lipinski definition) is 4. The molecule has 0 radical (unpaired) electrons. The molecule has 0 aromatic heterocycles. The summed E-state index contributed by atoms with van der Waals surface area (Å²) in [6.45, 7) is 1.53. The Balaban J connectivity index is 1.77. The van der Waals surface area contributed by atoms with Gasteiger partial charge in [-0.25, -0.2) is 0 Å². The Kier molecular flexibility index (Phi) is 3.15. The summed E-state index contributed by atoms with van der Waals surface area (Å²) in [7, 11) is 1.56. The Labute approximate surface area is 83.5 Å². The van der Waals surface area contributed by atoms with Gasteiger partial charge in [-0.1, -0.05) is 0 Å². The smallest absolute Gasteiger partial charge is 0.166 e. The lowest BCUT2D eigenvalue weighted by Crippen LogP contribution is -2.51. The molecule has 0 N–H and O–H groups in total. The summed E-state index contributed by atoms with van der Waals surface area (Å²) in [5.41, 5.74) is 0. The van der Waals surface area contributed by atoms with Gasteiger partial charge in [-0.15, -0.1) is 0 Å². The van der Waals surface area contributed by atoms with Gasteiger partial charge in [-0.05, 0) is 12.8 Å². The molecule has 2 atom stereocenters. The van der Waals surface area contributed by atoms with Crippen LogP contribution in [-0.2, 0) is 19.0 Å². The van der Waals surface area contributed by atoms with E-state index in [1.54, 1.807) is 7.11 Å². The molecule has 4 nitrogen and oxygen atoms in total. The van der Waals surface area contributed by atoms with Gasteiger partial charge >= 0.3 is 0 Å². The van der Waals surface area contributed by atoms with Crippen LogP contribution in [0.3, 0.4) is 0 Å². The minimum atomic E-state index is -0.321. The van der Waals surface area contributed by atoms with Crippen LogP contribution in [0.2, 0.25) is 0 Å². The number of Topliss-reactive ketones (excluding diaryl/α,β-unsaturated/α-hetero) is 1. The highest BCUT2D eigenvalue weighted by Crippen LogP contribution is 2.26. The lowest BCUT2D eigenvalue weighted by molar-refractivity contribution is -0.174. The average molecular weight is 200 g/mol. The Morgan fingerprint density at radius 2 is 2.07 bits per heavy atom. The summed E-state index contributed by atoms with van der Waals surface area (Å²) in [4.78, 5) is 11.1. The predicted molar refractivity (Wildman–Crippen MR) is 49.1 cm³/mol. The van der Waals surface area contributed by atoms with Crippen LogP contribution in [-0.4, -0.2) is 44.4 Å². The van der Waals surface area contributed by atoms with Crippen molar-refractivity contribution in [3.8, 4) is 0 Å². The zero-order valence-electron chi connectivity index (χ0n) is 8.40. The van der Waals surface area contributed by atoms with Crippen molar-refractivity contribution in [3.63, 3.8) is 0 Å². The highest BCUT2D eigenvalue weighted by molar-refractivity contribution is 5.90. The first-order chi connectivity index (χ1) is 6.81. The van der Waals surface area contributed by atoms with E-state index in [9.17, 15) is 4.79 Å². The lowest BCUT2D eigenvalue weighted by atomic mass is 9.89. The van der Waals surface area contributed by atoms with E-state index >= 15 is 0 Å². The van der Waals surface area contributed by atoms with E-state index in [4.69, 9.17) is 14.2 Å². The first-order valence-corrected chi connectivity index (χ1v) is 5.10. The van der Waals surface area contributed by atoms with Crippen LogP contribution in [0.25, 0.3) is 0 Å². The van der Waals surface area contributed by atoms with E-state index in [0.29, 0.717) is 6.42 Å². The summed E-state index contributed by atoms with van der Waals surface area (Å²) < 4.78 is 16.1. The Hall–Kier alpha value is -0.450. The number of ether oxygens (including phenoxy) is 3. The SMILES string of the molecule is COC1C(=O)CC1OC1CCOCC1. The van der Waals surface area contributed by atoms with Gasteiger partial charge in [-0.3, -0.25) is 4.79 Å². The van der Waals surface area contributed by atoms with E-state index in [1.165, 1.54) is 0 Å². The molecule has 0 aromatic rings. The fourth-order valence-corrected chi connectivity index (χ4v) is 1.93. The van der Waals surface area contributed by atoms with E-state index in [0.717, 1.165) is 26.1 Å². The quantitative estimate of drug-likeness (QED) is 0.667. The fourth-order valence-electron chi connectivity index (χ4n) is 1.93. The number of carbonyl (C=O) groups excluding carboxylic acids is 1. The van der Waals surface area contributed by atoms with Crippen LogP contribution < -0.4 is 0 Å². The Morgan fingerprint density at radius 1 is 1.36 bits per heavy atom. The first-order valence-electron chi connectivity index (χ1n) is 5.10. The molecule has 0 amide bonds. The van der Waals surface area contributed by atoms with Gasteiger partial charge in [0.05, 0.1) is 12.2 Å². The molecule has 0 bridgehead atoms. The lowest BCUT2D eigenvalue weighted by Gasteiger charge is -2.37. The van der Waals surface area contributed by atoms with E-state index in [1.807, 2.05) is 0 Å². The van der Waals surface area contributed by atoms with Crippen LogP contribution >= 0.6 is 0 Å². The highest BCUT2D eigenvalue weighted by atomic mass is 16.6. The molecule has 1 aliphatic heterocycles. The van der Waals surface area contributed by atoms with Crippen molar-refractivity contribution in [1.82, 2.24) is 0 Å². The summed E-state index contributed by atoms with van der Waals surface area (Å²) in [5.74, 6) is 0.157. The number of carbonyl (C=O) groups is 1. The minimum absolute atomic E-state index is 0.0180. The van der Waals surface area contributed by atoms with Crippen molar-refractivity contribution >= 4 is 5.78 Å². The highest BCUT2D eigenvalue weighted by Gasteiger charge is 2.42. The van der Waals surface area contributed by atoms with Gasteiger partial charge in [0.2, 0.25) is 0 Å². The zero-order valence-corrected chi connectivity index (χ0v) is 8.40. The van der Waals surface area contributed by atoms with Crippen LogP contribution in [0.1, 0.15) is 19.3 Å². The third kappa shape index (κ3) is 1.97. The van der Waals surface area contributed by atoms with Gasteiger partial charge in [0.15, 0.2) is 5.78 Å². The topological polar surface area (TPSA) is 44.8 Å². The van der Waals surface area contributed by atoms with Crippen molar-refractivity contribution in [2.75, 3.05) is 20.3 Å². The molecule has 2 rings (SSSR count). The van der Waals surface area contributed by atoms with Crippen LogP contribution in [0.4, 0.5) is 0 Å². The standard InChI is InChI=1S/C10H16O4/c1-12-10-8(11)6-9(10)14-7-2-4-13-5-3-7/h7,9-10H,2-6H2,1H3. The van der Waals surface area contributed by atoms with Crippen molar-refractivity contribution in [1.29, 1.82) is 0 Å². The van der Waals surface area contributed by atoms with E-state index < -0.39 is 0 Å². The van der Waals surface area contributed by atoms with Crippen molar-refractivity contribution < 1.29 is 19.0 Å². The molecule has 2 aliphatic rings. The molecule has 80 valence electrons. The Morgan fingerprint density at radius 3 is 2.64 bits per heavy atom. The second kappa shape index (κ2) is 4.38. The average Bonchev–Trinajstić information content (AvgIpc) is 2.19. The van der Waals surface area contributed by atoms with Crippen LogP contribution in [0, 0.1) is 0 Å². The third-order valence-corrected chi connectivity index (χ3v) is 2.85. The molecule has 0 aromatic carbocycles. The summed E-state index contributed by atoms with van der Waals surface area (Å²) in [6.07, 6.45) is 2.28. The second-order valence-corrected chi connectivity index (χ2v) is 3.81. The number of rotatable bonds is 3. The molecule has 2 fully saturated rings. The van der Waals surface area contributed by atoms with E-state index in [2.05, 4.69) is 0 Å². The van der Waals surface area contributed by atoms with Crippen molar-refractivity contribution in [2.24, 2.45) is 0 Å². The molecular weight excluding hydrogens is 184 g/mol. The molecule has 1 saturated heterocycles. The maximum Gasteiger partial charge on any atom is 0.166 e. The van der Waals surface area contributed by atoms with Gasteiger partial charge in [0.1, 0.15) is 6.10 Å². The number of ketones is 1. The van der Waals surface area contributed by atoms with Gasteiger partial charge in [-0.2, -0.15) is 0 Å². The molecule has 1 heterocycles. The third-order valence-electron chi connectivity index (χ3n) is 2.85. The summed E-state index contributed by atoms with van der Waals surface area (Å²) in [6, 6.07) is 0. The molecule has 0 spiro atoms. The monoisotopic (exact) mass is 200 g/mol. The Bertz CT molecular complexity index is 210. The fraction of sp³-hybridized carbons (Fsp3) is 0.900. The van der Waals surface area contributed by atoms with E-state index in [-0.39, 0.29) is 24.1 Å².